The number of amides is 1. The van der Waals surface area contributed by atoms with Gasteiger partial charge in [-0.25, -0.2) is 0 Å². The van der Waals surface area contributed by atoms with E-state index in [2.05, 4.69) is 24.3 Å². The van der Waals surface area contributed by atoms with Crippen LogP contribution in [0.2, 0.25) is 0 Å². The van der Waals surface area contributed by atoms with Crippen LogP contribution >= 0.6 is 0 Å². The predicted molar refractivity (Wildman–Crippen MR) is 44.3 cm³/mol. The van der Waals surface area contributed by atoms with Crippen LogP contribution in [0.4, 0.5) is 0 Å². The van der Waals surface area contributed by atoms with Gasteiger partial charge in [0.25, 0.3) is 0 Å². The molecule has 0 aromatic rings. The van der Waals surface area contributed by atoms with E-state index in [9.17, 15) is 4.79 Å². The van der Waals surface area contributed by atoms with Crippen LogP contribution in [-0.4, -0.2) is 37.0 Å². The monoisotopic (exact) mass is 156 g/mol. The summed E-state index contributed by atoms with van der Waals surface area (Å²) >= 11 is 0. The number of nitrogens with one attached hydrogen (secondary N) is 1. The Labute approximate surface area is 67.8 Å². The molecule has 1 fully saturated rings. The van der Waals surface area contributed by atoms with Gasteiger partial charge in [0, 0.05) is 19.0 Å². The van der Waals surface area contributed by atoms with E-state index >= 15 is 0 Å². The van der Waals surface area contributed by atoms with Crippen molar-refractivity contribution in [1.82, 2.24) is 10.2 Å². The zero-order chi connectivity index (χ0) is 8.43. The highest BCUT2D eigenvalue weighted by Crippen LogP contribution is 2.23. The number of hydrogen-bond donors (Lipinski definition) is 1. The fourth-order valence-electron chi connectivity index (χ4n) is 1.41. The van der Waals surface area contributed by atoms with Gasteiger partial charge >= 0.3 is 0 Å². The zero-order valence-electron chi connectivity index (χ0n) is 7.42. The van der Waals surface area contributed by atoms with Crippen LogP contribution in [0.1, 0.15) is 19.8 Å². The molecule has 1 aliphatic rings. The van der Waals surface area contributed by atoms with Crippen molar-refractivity contribution in [2.24, 2.45) is 0 Å². The Balaban J connectivity index is 2.14. The molecule has 3 nitrogen and oxygen atoms in total. The van der Waals surface area contributed by atoms with E-state index in [0.29, 0.717) is 12.1 Å². The minimum Gasteiger partial charge on any atom is -0.353 e. The van der Waals surface area contributed by atoms with Crippen LogP contribution in [-0.2, 0) is 4.79 Å². The third kappa shape index (κ3) is 2.19. The number of rotatable bonds is 2. The minimum absolute atomic E-state index is 0.0900. The van der Waals surface area contributed by atoms with Crippen molar-refractivity contribution >= 4 is 5.91 Å². The number of carbonyl (C=O) groups excluding carboxylic acids is 1. The Kier molecular flexibility index (Phi) is 2.49. The highest BCUT2D eigenvalue weighted by molar-refractivity contribution is 5.73. The van der Waals surface area contributed by atoms with E-state index < -0.39 is 0 Å². The Hall–Kier alpha value is -0.570. The molecular formula is C8H16N2O. The van der Waals surface area contributed by atoms with E-state index in [1.54, 1.807) is 6.92 Å². The lowest BCUT2D eigenvalue weighted by Gasteiger charge is -2.39. The summed E-state index contributed by atoms with van der Waals surface area (Å²) in [5.41, 5.74) is 0. The third-order valence-electron chi connectivity index (χ3n) is 2.25. The van der Waals surface area contributed by atoms with Crippen LogP contribution in [0.3, 0.4) is 0 Å². The van der Waals surface area contributed by atoms with Gasteiger partial charge in [-0.05, 0) is 26.9 Å². The molecule has 1 N–H and O–H groups in total. The standard InChI is InChI=1S/C8H16N2O/c1-6(11)9-7-4-8(5-7)10(2)3/h7-8H,4-5H2,1-3H3,(H,9,11). The molecule has 1 saturated carbocycles. The molecule has 64 valence electrons. The van der Waals surface area contributed by atoms with E-state index in [-0.39, 0.29) is 5.91 Å². The van der Waals surface area contributed by atoms with Crippen molar-refractivity contribution in [2.75, 3.05) is 14.1 Å². The van der Waals surface area contributed by atoms with Crippen LogP contribution in [0.5, 0.6) is 0 Å². The summed E-state index contributed by atoms with van der Waals surface area (Å²) < 4.78 is 0. The first kappa shape index (κ1) is 8.53. The van der Waals surface area contributed by atoms with Gasteiger partial charge in [0.15, 0.2) is 0 Å². The number of hydrogen-bond acceptors (Lipinski definition) is 2. The lowest BCUT2D eigenvalue weighted by Crippen LogP contribution is -2.51. The van der Waals surface area contributed by atoms with Crippen molar-refractivity contribution in [3.05, 3.63) is 0 Å². The van der Waals surface area contributed by atoms with Gasteiger partial charge in [0.05, 0.1) is 0 Å². The van der Waals surface area contributed by atoms with Crippen LogP contribution in [0, 0.1) is 0 Å². The molecule has 0 radical (unpaired) electrons. The first-order valence-electron chi connectivity index (χ1n) is 4.03. The van der Waals surface area contributed by atoms with E-state index in [1.807, 2.05) is 0 Å². The van der Waals surface area contributed by atoms with Gasteiger partial charge in [-0.3, -0.25) is 4.79 Å². The summed E-state index contributed by atoms with van der Waals surface area (Å²) in [6, 6.07) is 1.10. The number of nitrogens with zero attached hydrogens (tertiary/aromatic N) is 1. The first-order valence-corrected chi connectivity index (χ1v) is 4.03. The van der Waals surface area contributed by atoms with E-state index in [0.717, 1.165) is 12.8 Å². The molecule has 0 saturated heterocycles. The van der Waals surface area contributed by atoms with Crippen molar-refractivity contribution in [2.45, 2.75) is 31.8 Å². The van der Waals surface area contributed by atoms with Crippen molar-refractivity contribution in [1.29, 1.82) is 0 Å². The van der Waals surface area contributed by atoms with Crippen LogP contribution < -0.4 is 5.32 Å². The average molecular weight is 156 g/mol. The molecule has 0 atom stereocenters. The first-order chi connectivity index (χ1) is 5.09. The Bertz CT molecular complexity index is 150. The Morgan fingerprint density at radius 1 is 1.45 bits per heavy atom. The maximum absolute atomic E-state index is 10.6. The molecule has 3 heteroatoms. The quantitative estimate of drug-likeness (QED) is 0.620. The van der Waals surface area contributed by atoms with Crippen molar-refractivity contribution in [3.8, 4) is 0 Å². The molecule has 1 aliphatic carbocycles. The molecule has 11 heavy (non-hydrogen) atoms. The average Bonchev–Trinajstić information content (AvgIpc) is 1.75. The van der Waals surface area contributed by atoms with Gasteiger partial charge in [0.1, 0.15) is 0 Å². The van der Waals surface area contributed by atoms with Gasteiger partial charge in [-0.2, -0.15) is 0 Å². The van der Waals surface area contributed by atoms with Gasteiger partial charge in [-0.15, -0.1) is 0 Å². The van der Waals surface area contributed by atoms with Crippen LogP contribution in [0.15, 0.2) is 0 Å². The van der Waals surface area contributed by atoms with Gasteiger partial charge in [0.2, 0.25) is 5.91 Å². The van der Waals surface area contributed by atoms with Crippen molar-refractivity contribution < 1.29 is 4.79 Å². The molecular weight excluding hydrogens is 140 g/mol. The topological polar surface area (TPSA) is 32.3 Å². The molecule has 0 unspecified atom stereocenters. The smallest absolute Gasteiger partial charge is 0.217 e. The molecule has 0 bridgehead atoms. The summed E-state index contributed by atoms with van der Waals surface area (Å²) in [6.07, 6.45) is 2.21. The summed E-state index contributed by atoms with van der Waals surface area (Å²) in [7, 11) is 4.16. The fraction of sp³-hybridized carbons (Fsp3) is 0.875. The molecule has 0 aliphatic heterocycles. The highest BCUT2D eigenvalue weighted by Gasteiger charge is 2.30. The molecule has 0 spiro atoms. The molecule has 0 aromatic heterocycles. The normalized spacial score (nSPS) is 29.8. The maximum Gasteiger partial charge on any atom is 0.217 e. The summed E-state index contributed by atoms with van der Waals surface area (Å²) in [6.45, 7) is 1.57. The van der Waals surface area contributed by atoms with Gasteiger partial charge in [-0.1, -0.05) is 0 Å². The second-order valence-corrected chi connectivity index (χ2v) is 3.49. The molecule has 0 aromatic carbocycles. The lowest BCUT2D eigenvalue weighted by atomic mass is 9.86. The molecule has 1 amide bonds. The maximum atomic E-state index is 10.6. The largest absolute Gasteiger partial charge is 0.353 e. The zero-order valence-corrected chi connectivity index (χ0v) is 7.42. The Morgan fingerprint density at radius 3 is 2.36 bits per heavy atom. The summed E-state index contributed by atoms with van der Waals surface area (Å²) in [5, 5.41) is 2.90. The summed E-state index contributed by atoms with van der Waals surface area (Å²) in [4.78, 5) is 12.8. The van der Waals surface area contributed by atoms with Crippen molar-refractivity contribution in [3.63, 3.8) is 0 Å². The van der Waals surface area contributed by atoms with Crippen LogP contribution in [0.25, 0.3) is 0 Å². The number of carbonyl (C=O) groups is 1. The Morgan fingerprint density at radius 2 is 2.00 bits per heavy atom. The van der Waals surface area contributed by atoms with E-state index in [4.69, 9.17) is 0 Å². The molecule has 1 rings (SSSR count). The second kappa shape index (κ2) is 3.22. The highest BCUT2D eigenvalue weighted by atomic mass is 16.1. The fourth-order valence-corrected chi connectivity index (χ4v) is 1.41. The van der Waals surface area contributed by atoms with E-state index in [1.165, 1.54) is 0 Å². The minimum atomic E-state index is 0.0900. The molecule has 0 heterocycles. The second-order valence-electron chi connectivity index (χ2n) is 3.49. The SMILES string of the molecule is CC(=O)NC1CC(N(C)C)C1. The third-order valence-corrected chi connectivity index (χ3v) is 2.25. The lowest BCUT2D eigenvalue weighted by molar-refractivity contribution is -0.120. The van der Waals surface area contributed by atoms with Gasteiger partial charge < -0.3 is 10.2 Å². The predicted octanol–water partition coefficient (Wildman–Crippen LogP) is 0.215. The summed E-state index contributed by atoms with van der Waals surface area (Å²) in [5.74, 6) is 0.0900.